The molecule has 1 aromatic carbocycles. The minimum atomic E-state index is -0.476. The van der Waals surface area contributed by atoms with Gasteiger partial charge in [0.2, 0.25) is 5.91 Å². The molecule has 0 heterocycles. The van der Waals surface area contributed by atoms with E-state index in [9.17, 15) is 9.90 Å². The zero-order valence-electron chi connectivity index (χ0n) is 11.6. The number of aryl methyl sites for hydroxylation is 1. The van der Waals surface area contributed by atoms with Gasteiger partial charge in [-0.15, -0.1) is 0 Å². The lowest BCUT2D eigenvalue weighted by molar-refractivity contribution is -0.120. The average molecular weight is 264 g/mol. The van der Waals surface area contributed by atoms with Crippen molar-refractivity contribution in [2.45, 2.75) is 38.2 Å². The van der Waals surface area contributed by atoms with Gasteiger partial charge >= 0.3 is 0 Å². The highest BCUT2D eigenvalue weighted by atomic mass is 16.3. The number of hydrogen-bond acceptors (Lipinski definition) is 3. The first-order valence-corrected chi connectivity index (χ1v) is 6.85. The van der Waals surface area contributed by atoms with Crippen molar-refractivity contribution in [1.82, 2.24) is 5.32 Å². The number of carbonyl (C=O) groups is 1. The van der Waals surface area contributed by atoms with Crippen LogP contribution in [0, 0.1) is 0 Å². The molecule has 1 amide bonds. The minimum absolute atomic E-state index is 0.0899. The van der Waals surface area contributed by atoms with Crippen LogP contribution in [0.15, 0.2) is 24.3 Å². The van der Waals surface area contributed by atoms with Gasteiger partial charge in [-0.05, 0) is 43.4 Å². The fraction of sp³-hybridized carbons (Fsp3) is 0.533. The molecule has 1 atom stereocenters. The summed E-state index contributed by atoms with van der Waals surface area (Å²) >= 11 is 0. The van der Waals surface area contributed by atoms with Crippen LogP contribution in [0.5, 0.6) is 0 Å². The number of rotatable bonds is 8. The molecule has 0 bridgehead atoms. The zero-order chi connectivity index (χ0) is 14.1. The third kappa shape index (κ3) is 5.85. The van der Waals surface area contributed by atoms with Gasteiger partial charge in [-0.3, -0.25) is 4.79 Å². The van der Waals surface area contributed by atoms with Crippen molar-refractivity contribution in [2.24, 2.45) is 5.73 Å². The largest absolute Gasteiger partial charge is 0.388 e. The molecule has 0 saturated carbocycles. The summed E-state index contributed by atoms with van der Waals surface area (Å²) in [4.78, 5) is 11.1. The summed E-state index contributed by atoms with van der Waals surface area (Å²) in [5.74, 6) is 0.0899. The van der Waals surface area contributed by atoms with E-state index >= 15 is 0 Å². The Morgan fingerprint density at radius 2 is 2.21 bits per heavy atom. The molecule has 106 valence electrons. The Morgan fingerprint density at radius 3 is 2.89 bits per heavy atom. The lowest BCUT2D eigenvalue weighted by atomic mass is 10.0. The van der Waals surface area contributed by atoms with Crippen molar-refractivity contribution in [3.63, 3.8) is 0 Å². The fourth-order valence-corrected chi connectivity index (χ4v) is 2.02. The normalized spacial score (nSPS) is 12.2. The summed E-state index contributed by atoms with van der Waals surface area (Å²) in [6, 6.07) is 7.97. The molecule has 0 saturated heterocycles. The van der Waals surface area contributed by atoms with Crippen molar-refractivity contribution < 1.29 is 9.90 Å². The van der Waals surface area contributed by atoms with Crippen molar-refractivity contribution in [2.75, 3.05) is 13.6 Å². The summed E-state index contributed by atoms with van der Waals surface area (Å²) in [7, 11) is 1.66. The molecule has 1 unspecified atom stereocenters. The first kappa shape index (κ1) is 15.7. The molecular weight excluding hydrogens is 240 g/mol. The maximum Gasteiger partial charge on any atom is 0.219 e. The van der Waals surface area contributed by atoms with Crippen LogP contribution in [0.25, 0.3) is 0 Å². The zero-order valence-corrected chi connectivity index (χ0v) is 11.6. The lowest BCUT2D eigenvalue weighted by Crippen LogP contribution is -2.16. The molecule has 1 aromatic rings. The van der Waals surface area contributed by atoms with Gasteiger partial charge in [-0.2, -0.15) is 0 Å². The van der Waals surface area contributed by atoms with Crippen LogP contribution < -0.4 is 11.1 Å². The molecule has 4 heteroatoms. The average Bonchev–Trinajstić information content (AvgIpc) is 2.44. The Morgan fingerprint density at radius 1 is 1.42 bits per heavy atom. The number of aliphatic hydroxyl groups excluding tert-OH is 1. The number of hydrogen-bond donors (Lipinski definition) is 3. The first-order valence-electron chi connectivity index (χ1n) is 6.85. The van der Waals surface area contributed by atoms with Gasteiger partial charge in [0.05, 0.1) is 6.10 Å². The van der Waals surface area contributed by atoms with Crippen molar-refractivity contribution >= 4 is 5.91 Å². The van der Waals surface area contributed by atoms with Crippen LogP contribution >= 0.6 is 0 Å². The van der Waals surface area contributed by atoms with Gasteiger partial charge in [0.15, 0.2) is 0 Å². The van der Waals surface area contributed by atoms with Gasteiger partial charge in [-0.1, -0.05) is 24.3 Å². The van der Waals surface area contributed by atoms with Gasteiger partial charge in [0, 0.05) is 13.5 Å². The molecule has 4 nitrogen and oxygen atoms in total. The molecular formula is C15H24N2O2. The molecule has 0 fully saturated rings. The van der Waals surface area contributed by atoms with E-state index in [1.807, 2.05) is 18.2 Å². The maximum atomic E-state index is 11.1. The van der Waals surface area contributed by atoms with Crippen LogP contribution in [-0.2, 0) is 11.2 Å². The van der Waals surface area contributed by atoms with Gasteiger partial charge in [-0.25, -0.2) is 0 Å². The SMILES string of the molecule is CNC(=O)CCCCc1cccc(C(O)CCN)c1. The lowest BCUT2D eigenvalue weighted by Gasteiger charge is -2.11. The second-order valence-electron chi connectivity index (χ2n) is 4.72. The highest BCUT2D eigenvalue weighted by molar-refractivity contribution is 5.75. The summed E-state index contributed by atoms with van der Waals surface area (Å²) in [6.07, 6.45) is 3.47. The Labute approximate surface area is 115 Å². The van der Waals surface area contributed by atoms with Crippen molar-refractivity contribution in [3.05, 3.63) is 35.4 Å². The number of amides is 1. The number of nitrogens with one attached hydrogen (secondary N) is 1. The Balaban J connectivity index is 2.42. The third-order valence-electron chi connectivity index (χ3n) is 3.17. The number of unbranched alkanes of at least 4 members (excludes halogenated alkanes) is 1. The molecule has 0 aliphatic heterocycles. The van der Waals surface area contributed by atoms with Crippen LogP contribution in [0.4, 0.5) is 0 Å². The highest BCUT2D eigenvalue weighted by Crippen LogP contribution is 2.18. The maximum absolute atomic E-state index is 11.1. The Bertz CT molecular complexity index is 393. The van der Waals surface area contributed by atoms with E-state index in [0.717, 1.165) is 24.8 Å². The smallest absolute Gasteiger partial charge is 0.219 e. The van der Waals surface area contributed by atoms with E-state index in [1.54, 1.807) is 7.05 Å². The molecule has 0 spiro atoms. The standard InChI is InChI=1S/C15H24N2O2/c1-17-15(19)8-3-2-5-12-6-4-7-13(11-12)14(18)9-10-16/h4,6-7,11,14,18H,2-3,5,8-10,16H2,1H3,(H,17,19). The summed E-state index contributed by atoms with van der Waals surface area (Å²) in [5.41, 5.74) is 7.57. The van der Waals surface area contributed by atoms with E-state index < -0.39 is 6.10 Å². The van der Waals surface area contributed by atoms with E-state index in [2.05, 4.69) is 11.4 Å². The predicted octanol–water partition coefficient (Wildman–Crippen LogP) is 1.53. The Hall–Kier alpha value is -1.39. The topological polar surface area (TPSA) is 75.3 Å². The second-order valence-corrected chi connectivity index (χ2v) is 4.72. The molecule has 19 heavy (non-hydrogen) atoms. The summed E-state index contributed by atoms with van der Waals surface area (Å²) < 4.78 is 0. The quantitative estimate of drug-likeness (QED) is 0.623. The van der Waals surface area contributed by atoms with E-state index in [4.69, 9.17) is 5.73 Å². The summed E-state index contributed by atoms with van der Waals surface area (Å²) in [5, 5.41) is 12.5. The van der Waals surface area contributed by atoms with Gasteiger partial charge < -0.3 is 16.2 Å². The van der Waals surface area contributed by atoms with Crippen molar-refractivity contribution in [1.29, 1.82) is 0 Å². The van der Waals surface area contributed by atoms with E-state index in [1.165, 1.54) is 5.56 Å². The fourth-order valence-electron chi connectivity index (χ4n) is 2.02. The molecule has 0 aromatic heterocycles. The minimum Gasteiger partial charge on any atom is -0.388 e. The molecule has 1 rings (SSSR count). The van der Waals surface area contributed by atoms with Gasteiger partial charge in [0.25, 0.3) is 0 Å². The Kier molecular flexibility index (Phi) is 7.15. The van der Waals surface area contributed by atoms with E-state index in [0.29, 0.717) is 19.4 Å². The predicted molar refractivity (Wildman–Crippen MR) is 76.7 cm³/mol. The molecule has 0 aliphatic carbocycles. The second kappa shape index (κ2) is 8.67. The molecule has 0 radical (unpaired) electrons. The van der Waals surface area contributed by atoms with Crippen LogP contribution in [0.1, 0.15) is 42.9 Å². The van der Waals surface area contributed by atoms with Gasteiger partial charge in [0.1, 0.15) is 0 Å². The van der Waals surface area contributed by atoms with Crippen LogP contribution in [-0.4, -0.2) is 24.6 Å². The first-order chi connectivity index (χ1) is 9.17. The highest BCUT2D eigenvalue weighted by Gasteiger charge is 2.06. The molecule has 0 aliphatic rings. The number of carbonyl (C=O) groups excluding carboxylic acids is 1. The third-order valence-corrected chi connectivity index (χ3v) is 3.17. The summed E-state index contributed by atoms with van der Waals surface area (Å²) in [6.45, 7) is 0.484. The monoisotopic (exact) mass is 264 g/mol. The van der Waals surface area contributed by atoms with Crippen LogP contribution in [0.3, 0.4) is 0 Å². The number of aliphatic hydroxyl groups is 1. The molecule has 4 N–H and O–H groups in total. The van der Waals surface area contributed by atoms with Crippen molar-refractivity contribution in [3.8, 4) is 0 Å². The van der Waals surface area contributed by atoms with E-state index in [-0.39, 0.29) is 5.91 Å². The number of nitrogens with two attached hydrogens (primary N) is 1. The van der Waals surface area contributed by atoms with Crippen LogP contribution in [0.2, 0.25) is 0 Å². The number of benzene rings is 1.